The lowest BCUT2D eigenvalue weighted by atomic mass is 10.00. The third kappa shape index (κ3) is 2.59. The van der Waals surface area contributed by atoms with Crippen LogP contribution in [-0.4, -0.2) is 28.9 Å². The first-order valence-electron chi connectivity index (χ1n) is 7.78. The van der Waals surface area contributed by atoms with Crippen LogP contribution in [0.15, 0.2) is 41.4 Å². The first-order valence-corrected chi connectivity index (χ1v) is 8.59. The number of amides is 1. The second-order valence-corrected chi connectivity index (χ2v) is 7.05. The maximum Gasteiger partial charge on any atom is 0.231 e. The van der Waals surface area contributed by atoms with Gasteiger partial charge in [-0.05, 0) is 41.8 Å². The second-order valence-electron chi connectivity index (χ2n) is 5.97. The standard InChI is InChI=1S/C19H15N3O2S/c1-22-18(24)10-15(21-19(22)20)12-3-5-17-14(9-12)13-8-11(6-7-23)2-4-16(13)25-17/h2-5,8-9,15,23H,10H2,1H3,(H2,20,21). The van der Waals surface area contributed by atoms with E-state index < -0.39 is 0 Å². The van der Waals surface area contributed by atoms with Gasteiger partial charge >= 0.3 is 0 Å². The molecular formula is C19H15N3O2S. The van der Waals surface area contributed by atoms with E-state index in [1.165, 1.54) is 4.90 Å². The summed E-state index contributed by atoms with van der Waals surface area (Å²) in [5.74, 6) is 2.88. The Morgan fingerprint density at radius 3 is 2.68 bits per heavy atom. The Labute approximate surface area is 148 Å². The predicted molar refractivity (Wildman–Crippen MR) is 99.9 cm³/mol. The SMILES string of the molecule is CN1C(=O)CC(c2ccc3sc4ccc(C#CO)cc4c3c2)N=C1N. The van der Waals surface area contributed by atoms with Crippen molar-refractivity contribution in [2.24, 2.45) is 10.7 Å². The lowest BCUT2D eigenvalue weighted by Gasteiger charge is -2.25. The molecule has 124 valence electrons. The first kappa shape index (κ1) is 15.5. The van der Waals surface area contributed by atoms with Crippen molar-refractivity contribution in [1.29, 1.82) is 0 Å². The Morgan fingerprint density at radius 1 is 1.24 bits per heavy atom. The van der Waals surface area contributed by atoms with Crippen molar-refractivity contribution in [3.63, 3.8) is 0 Å². The van der Waals surface area contributed by atoms with Gasteiger partial charge in [0.1, 0.15) is 6.11 Å². The number of nitrogens with two attached hydrogens (primary N) is 1. The third-order valence-corrected chi connectivity index (χ3v) is 5.60. The Hall–Kier alpha value is -3.04. The molecule has 6 heteroatoms. The zero-order chi connectivity index (χ0) is 17.6. The minimum atomic E-state index is -0.261. The number of thiophene rings is 1. The minimum absolute atomic E-state index is 0.0340. The van der Waals surface area contributed by atoms with Crippen molar-refractivity contribution in [3.8, 4) is 12.0 Å². The number of fused-ring (bicyclic) bond motifs is 3. The smallest absolute Gasteiger partial charge is 0.231 e. The summed E-state index contributed by atoms with van der Waals surface area (Å²) in [6.07, 6.45) is 2.26. The highest BCUT2D eigenvalue weighted by atomic mass is 32.1. The zero-order valence-electron chi connectivity index (χ0n) is 13.5. The van der Waals surface area contributed by atoms with Gasteiger partial charge < -0.3 is 10.8 Å². The van der Waals surface area contributed by atoms with Crippen molar-refractivity contribution in [1.82, 2.24) is 4.90 Å². The summed E-state index contributed by atoms with van der Waals surface area (Å²) in [7, 11) is 1.64. The molecule has 0 saturated carbocycles. The molecular weight excluding hydrogens is 334 g/mol. The summed E-state index contributed by atoms with van der Waals surface area (Å²) in [5, 5.41) is 11.0. The number of aliphatic hydroxyl groups is 1. The van der Waals surface area contributed by atoms with Gasteiger partial charge in [-0.3, -0.25) is 9.69 Å². The molecule has 0 aliphatic carbocycles. The lowest BCUT2D eigenvalue weighted by Crippen LogP contribution is -2.42. The number of carbonyl (C=O) groups is 1. The van der Waals surface area contributed by atoms with Gasteiger partial charge in [0.15, 0.2) is 5.96 Å². The molecule has 1 aliphatic heterocycles. The Kier molecular flexibility index (Phi) is 3.59. The number of aliphatic imine (C=N–C) groups is 1. The molecule has 1 unspecified atom stereocenters. The average Bonchev–Trinajstić information content (AvgIpc) is 2.97. The molecule has 0 saturated heterocycles. The number of rotatable bonds is 1. The molecule has 25 heavy (non-hydrogen) atoms. The Morgan fingerprint density at radius 2 is 1.96 bits per heavy atom. The summed E-state index contributed by atoms with van der Waals surface area (Å²) in [6.45, 7) is 0. The molecule has 1 amide bonds. The topological polar surface area (TPSA) is 78.9 Å². The van der Waals surface area contributed by atoms with Gasteiger partial charge in [-0.1, -0.05) is 6.07 Å². The largest absolute Gasteiger partial charge is 0.462 e. The molecule has 1 atom stereocenters. The number of nitrogens with zero attached hydrogens (tertiary/aromatic N) is 2. The van der Waals surface area contributed by atoms with Gasteiger partial charge in [0.2, 0.25) is 5.91 Å². The number of benzene rings is 2. The fourth-order valence-electron chi connectivity index (χ4n) is 3.06. The van der Waals surface area contributed by atoms with Gasteiger partial charge in [-0.25, -0.2) is 4.99 Å². The van der Waals surface area contributed by atoms with E-state index in [-0.39, 0.29) is 17.9 Å². The number of carbonyl (C=O) groups excluding carboxylic acids is 1. The zero-order valence-corrected chi connectivity index (χ0v) is 14.3. The lowest BCUT2D eigenvalue weighted by molar-refractivity contribution is -0.127. The highest BCUT2D eigenvalue weighted by molar-refractivity contribution is 7.25. The second kappa shape index (κ2) is 5.80. The quantitative estimate of drug-likeness (QED) is 0.663. The van der Waals surface area contributed by atoms with Crippen LogP contribution < -0.4 is 5.73 Å². The van der Waals surface area contributed by atoms with E-state index in [1.54, 1.807) is 18.4 Å². The predicted octanol–water partition coefficient (Wildman–Crippen LogP) is 2.95. The molecule has 0 radical (unpaired) electrons. The Bertz CT molecular complexity index is 1100. The van der Waals surface area contributed by atoms with Crippen LogP contribution in [0.5, 0.6) is 0 Å². The first-order chi connectivity index (χ1) is 12.1. The van der Waals surface area contributed by atoms with E-state index in [2.05, 4.69) is 23.0 Å². The maximum absolute atomic E-state index is 12.1. The summed E-state index contributed by atoms with van der Waals surface area (Å²) in [5.41, 5.74) is 7.58. The fourth-order valence-corrected chi connectivity index (χ4v) is 4.13. The Balaban J connectivity index is 1.86. The van der Waals surface area contributed by atoms with Gasteiger partial charge in [0.05, 0.1) is 12.5 Å². The van der Waals surface area contributed by atoms with Crippen LogP contribution in [-0.2, 0) is 4.79 Å². The third-order valence-electron chi connectivity index (χ3n) is 4.45. The number of aliphatic hydroxyl groups excluding tert-OH is 1. The molecule has 1 aliphatic rings. The molecule has 4 rings (SSSR count). The number of hydrogen-bond acceptors (Lipinski definition) is 5. The fraction of sp³-hybridized carbons (Fsp3) is 0.158. The van der Waals surface area contributed by atoms with Crippen molar-refractivity contribution in [2.45, 2.75) is 12.5 Å². The molecule has 0 spiro atoms. The van der Waals surface area contributed by atoms with Crippen molar-refractivity contribution >= 4 is 43.4 Å². The normalized spacial score (nSPS) is 17.5. The maximum atomic E-state index is 12.1. The van der Waals surface area contributed by atoms with E-state index in [0.29, 0.717) is 6.42 Å². The molecule has 0 fully saturated rings. The van der Waals surface area contributed by atoms with Crippen LogP contribution in [0.4, 0.5) is 0 Å². The molecule has 3 N–H and O–H groups in total. The highest BCUT2D eigenvalue weighted by Gasteiger charge is 2.26. The van der Waals surface area contributed by atoms with Crippen LogP contribution in [0.1, 0.15) is 23.6 Å². The van der Waals surface area contributed by atoms with E-state index in [1.807, 2.05) is 30.4 Å². The monoisotopic (exact) mass is 349 g/mol. The average molecular weight is 349 g/mol. The van der Waals surface area contributed by atoms with Crippen LogP contribution in [0.25, 0.3) is 20.2 Å². The van der Waals surface area contributed by atoms with Gasteiger partial charge in [-0.15, -0.1) is 11.3 Å². The minimum Gasteiger partial charge on any atom is -0.462 e. The number of hydrogen-bond donors (Lipinski definition) is 2. The van der Waals surface area contributed by atoms with E-state index >= 15 is 0 Å². The molecule has 2 heterocycles. The van der Waals surface area contributed by atoms with Crippen LogP contribution in [0.2, 0.25) is 0 Å². The van der Waals surface area contributed by atoms with E-state index in [9.17, 15) is 4.79 Å². The summed E-state index contributed by atoms with van der Waals surface area (Å²) >= 11 is 1.70. The molecule has 3 aromatic rings. The van der Waals surface area contributed by atoms with Gasteiger partial charge in [-0.2, -0.15) is 0 Å². The molecule has 0 bridgehead atoms. The summed E-state index contributed by atoms with van der Waals surface area (Å²) in [4.78, 5) is 17.9. The summed E-state index contributed by atoms with van der Waals surface area (Å²) < 4.78 is 2.31. The van der Waals surface area contributed by atoms with Crippen LogP contribution in [0.3, 0.4) is 0 Å². The van der Waals surface area contributed by atoms with Crippen molar-refractivity contribution in [2.75, 3.05) is 7.05 Å². The van der Waals surface area contributed by atoms with Crippen LogP contribution >= 0.6 is 11.3 Å². The van der Waals surface area contributed by atoms with Gasteiger partial charge in [0.25, 0.3) is 0 Å². The molecule has 5 nitrogen and oxygen atoms in total. The summed E-state index contributed by atoms with van der Waals surface area (Å²) in [6, 6.07) is 11.7. The van der Waals surface area contributed by atoms with Gasteiger partial charge in [0, 0.05) is 32.8 Å². The molecule has 1 aromatic heterocycles. The van der Waals surface area contributed by atoms with Crippen molar-refractivity contribution < 1.29 is 9.90 Å². The highest BCUT2D eigenvalue weighted by Crippen LogP contribution is 2.37. The van der Waals surface area contributed by atoms with E-state index in [4.69, 9.17) is 10.8 Å². The van der Waals surface area contributed by atoms with Crippen molar-refractivity contribution in [3.05, 3.63) is 47.5 Å². The van der Waals surface area contributed by atoms with E-state index in [0.717, 1.165) is 31.3 Å². The van der Waals surface area contributed by atoms with Crippen LogP contribution in [0, 0.1) is 12.0 Å². The number of guanidine groups is 1. The molecule has 2 aromatic carbocycles.